The van der Waals surface area contributed by atoms with Gasteiger partial charge < -0.3 is 9.80 Å². The predicted molar refractivity (Wildman–Crippen MR) is 119 cm³/mol. The van der Waals surface area contributed by atoms with E-state index in [0.29, 0.717) is 16.8 Å². The molecule has 1 aromatic heterocycles. The van der Waals surface area contributed by atoms with Gasteiger partial charge in [-0.05, 0) is 37.1 Å². The van der Waals surface area contributed by atoms with Gasteiger partial charge >= 0.3 is 0 Å². The first kappa shape index (κ1) is 19.2. The van der Waals surface area contributed by atoms with E-state index >= 15 is 0 Å². The van der Waals surface area contributed by atoms with E-state index < -0.39 is 0 Å². The summed E-state index contributed by atoms with van der Waals surface area (Å²) in [5, 5.41) is 5.39. The molecule has 2 aliphatic rings. The number of thioether (sulfide) groups is 1. The summed E-state index contributed by atoms with van der Waals surface area (Å²) in [5.41, 5.74) is 2.25. The van der Waals surface area contributed by atoms with Crippen LogP contribution in [0.1, 0.15) is 24.6 Å². The zero-order chi connectivity index (χ0) is 20.3. The van der Waals surface area contributed by atoms with Crippen LogP contribution in [0.4, 0.5) is 5.69 Å². The Morgan fingerprint density at radius 3 is 2.17 bits per heavy atom. The minimum atomic E-state index is 0.164. The number of para-hydroxylation sites is 2. The second-order valence-electron chi connectivity index (χ2n) is 7.77. The lowest BCUT2D eigenvalue weighted by atomic mass is 10.2. The van der Waals surface area contributed by atoms with E-state index in [-0.39, 0.29) is 5.91 Å². The van der Waals surface area contributed by atoms with Crippen LogP contribution in [0, 0.1) is 0 Å². The normalized spacial score (nSPS) is 16.7. The van der Waals surface area contributed by atoms with E-state index in [9.17, 15) is 4.79 Å². The highest BCUT2D eigenvalue weighted by Gasteiger charge is 2.30. The van der Waals surface area contributed by atoms with Crippen LogP contribution in [-0.4, -0.2) is 57.5 Å². The number of anilines is 1. The van der Waals surface area contributed by atoms with Crippen molar-refractivity contribution >= 4 is 23.4 Å². The molecule has 3 aromatic rings. The number of amides is 1. The molecule has 1 saturated heterocycles. The fraction of sp³-hybridized carbons (Fsp3) is 0.348. The second-order valence-corrected chi connectivity index (χ2v) is 8.71. The van der Waals surface area contributed by atoms with Crippen LogP contribution in [-0.2, 0) is 4.79 Å². The molecule has 1 amide bonds. The summed E-state index contributed by atoms with van der Waals surface area (Å²) in [4.78, 5) is 21.8. The Kier molecular flexibility index (Phi) is 5.45. The third kappa shape index (κ3) is 4.21. The zero-order valence-corrected chi connectivity index (χ0v) is 17.7. The maximum absolute atomic E-state index is 12.7. The Balaban J connectivity index is 1.19. The van der Waals surface area contributed by atoms with Crippen molar-refractivity contribution in [1.29, 1.82) is 0 Å². The van der Waals surface area contributed by atoms with Crippen molar-refractivity contribution in [3.63, 3.8) is 0 Å². The van der Waals surface area contributed by atoms with Crippen molar-refractivity contribution in [3.8, 4) is 5.69 Å². The first-order valence-corrected chi connectivity index (χ1v) is 11.5. The lowest BCUT2D eigenvalue weighted by molar-refractivity contribution is -0.128. The Morgan fingerprint density at radius 2 is 1.53 bits per heavy atom. The van der Waals surface area contributed by atoms with Crippen LogP contribution >= 0.6 is 11.8 Å². The summed E-state index contributed by atoms with van der Waals surface area (Å²) < 4.78 is 1.95. The van der Waals surface area contributed by atoms with Crippen LogP contribution < -0.4 is 4.90 Å². The predicted octanol–water partition coefficient (Wildman–Crippen LogP) is 3.59. The van der Waals surface area contributed by atoms with Gasteiger partial charge in [0.2, 0.25) is 11.1 Å². The highest BCUT2D eigenvalue weighted by atomic mass is 32.2. The van der Waals surface area contributed by atoms with Crippen LogP contribution in [0.3, 0.4) is 0 Å². The third-order valence-electron chi connectivity index (χ3n) is 5.63. The number of rotatable bonds is 6. The number of nitrogens with zero attached hydrogens (tertiary/aromatic N) is 5. The summed E-state index contributed by atoms with van der Waals surface area (Å²) in [6, 6.07) is 20.5. The molecular formula is C23H25N5OS. The van der Waals surface area contributed by atoms with E-state index in [1.165, 1.54) is 30.3 Å². The lowest BCUT2D eigenvalue weighted by Gasteiger charge is -2.36. The summed E-state index contributed by atoms with van der Waals surface area (Å²) in [6.07, 6.45) is 2.33. The highest BCUT2D eigenvalue weighted by Crippen LogP contribution is 2.40. The smallest absolute Gasteiger partial charge is 0.233 e. The fourth-order valence-corrected chi connectivity index (χ4v) is 4.53. The van der Waals surface area contributed by atoms with Gasteiger partial charge in [0.25, 0.3) is 0 Å². The Bertz CT molecular complexity index is 995. The molecule has 0 unspecified atom stereocenters. The molecule has 5 rings (SSSR count). The first-order chi connectivity index (χ1) is 14.8. The van der Waals surface area contributed by atoms with Crippen LogP contribution in [0.15, 0.2) is 65.8 Å². The van der Waals surface area contributed by atoms with Gasteiger partial charge in [-0.3, -0.25) is 4.79 Å². The van der Waals surface area contributed by atoms with Gasteiger partial charge in [-0.15, -0.1) is 5.10 Å². The summed E-state index contributed by atoms with van der Waals surface area (Å²) in [6.45, 7) is 3.25. The van der Waals surface area contributed by atoms with Crippen molar-refractivity contribution in [3.05, 3.63) is 66.5 Å². The maximum atomic E-state index is 12.7. The SMILES string of the molecule is O=C(CSc1nc(C2CC2)n(-c2ccccc2)n1)N1CCN(c2ccccc2)CC1. The summed E-state index contributed by atoms with van der Waals surface area (Å²) in [7, 11) is 0. The van der Waals surface area contributed by atoms with Crippen molar-refractivity contribution in [1.82, 2.24) is 19.7 Å². The quantitative estimate of drug-likeness (QED) is 0.572. The van der Waals surface area contributed by atoms with E-state index in [2.05, 4.69) is 29.2 Å². The molecule has 2 fully saturated rings. The standard InChI is InChI=1S/C23H25N5OS/c29-21(27-15-13-26(14-16-27)19-7-3-1-4-8-19)17-30-23-24-22(18-11-12-18)28(25-23)20-9-5-2-6-10-20/h1-10,18H,11-17H2. The largest absolute Gasteiger partial charge is 0.368 e. The second kappa shape index (κ2) is 8.52. The average molecular weight is 420 g/mol. The highest BCUT2D eigenvalue weighted by molar-refractivity contribution is 7.99. The molecule has 0 radical (unpaired) electrons. The monoisotopic (exact) mass is 419 g/mol. The molecule has 0 bridgehead atoms. The van der Waals surface area contributed by atoms with Gasteiger partial charge in [0.05, 0.1) is 11.4 Å². The number of benzene rings is 2. The van der Waals surface area contributed by atoms with Gasteiger partial charge in [0.1, 0.15) is 5.82 Å². The minimum Gasteiger partial charge on any atom is -0.368 e. The van der Waals surface area contributed by atoms with Crippen LogP contribution in [0.25, 0.3) is 5.69 Å². The summed E-state index contributed by atoms with van der Waals surface area (Å²) in [5.74, 6) is 2.06. The third-order valence-corrected chi connectivity index (χ3v) is 6.46. The van der Waals surface area contributed by atoms with E-state index in [4.69, 9.17) is 10.1 Å². The molecule has 0 N–H and O–H groups in total. The molecule has 1 saturated carbocycles. The Hall–Kier alpha value is -2.80. The Labute approximate surface area is 180 Å². The molecule has 1 aliphatic carbocycles. The van der Waals surface area contributed by atoms with E-state index in [1.54, 1.807) is 0 Å². The molecule has 0 atom stereocenters. The minimum absolute atomic E-state index is 0.164. The van der Waals surface area contributed by atoms with Crippen LogP contribution in [0.5, 0.6) is 0 Å². The molecule has 2 aromatic carbocycles. The first-order valence-electron chi connectivity index (χ1n) is 10.5. The van der Waals surface area contributed by atoms with Crippen LogP contribution in [0.2, 0.25) is 0 Å². The molecule has 1 aliphatic heterocycles. The Morgan fingerprint density at radius 1 is 0.900 bits per heavy atom. The van der Waals surface area contributed by atoms with Gasteiger partial charge in [-0.25, -0.2) is 9.67 Å². The number of carbonyl (C=O) groups excluding carboxylic acids is 1. The fourth-order valence-electron chi connectivity index (χ4n) is 3.80. The van der Waals surface area contributed by atoms with Crippen molar-refractivity contribution in [2.75, 3.05) is 36.8 Å². The number of piperazine rings is 1. The lowest BCUT2D eigenvalue weighted by Crippen LogP contribution is -2.49. The van der Waals surface area contributed by atoms with Crippen molar-refractivity contribution in [2.45, 2.75) is 23.9 Å². The summed E-state index contributed by atoms with van der Waals surface area (Å²) >= 11 is 1.45. The van der Waals surface area contributed by atoms with Gasteiger partial charge in [0, 0.05) is 37.8 Å². The molecule has 0 spiro atoms. The molecule has 2 heterocycles. The number of hydrogen-bond acceptors (Lipinski definition) is 5. The molecule has 7 heteroatoms. The zero-order valence-electron chi connectivity index (χ0n) is 16.9. The average Bonchev–Trinajstić information content (AvgIpc) is 3.58. The topological polar surface area (TPSA) is 54.3 Å². The molecule has 154 valence electrons. The number of aromatic nitrogens is 3. The molecule has 6 nitrogen and oxygen atoms in total. The van der Waals surface area contributed by atoms with Gasteiger partial charge in [-0.1, -0.05) is 48.2 Å². The van der Waals surface area contributed by atoms with Gasteiger partial charge in [0.15, 0.2) is 0 Å². The molecular weight excluding hydrogens is 394 g/mol. The van der Waals surface area contributed by atoms with Gasteiger partial charge in [-0.2, -0.15) is 0 Å². The van der Waals surface area contributed by atoms with E-state index in [1.807, 2.05) is 46.0 Å². The van der Waals surface area contributed by atoms with Crippen molar-refractivity contribution in [2.24, 2.45) is 0 Å². The number of hydrogen-bond donors (Lipinski definition) is 0. The van der Waals surface area contributed by atoms with E-state index in [0.717, 1.165) is 37.7 Å². The molecule has 30 heavy (non-hydrogen) atoms. The maximum Gasteiger partial charge on any atom is 0.233 e. The van der Waals surface area contributed by atoms with Crippen molar-refractivity contribution < 1.29 is 4.79 Å². The number of carbonyl (C=O) groups is 1.